The van der Waals surface area contributed by atoms with Crippen molar-refractivity contribution in [2.75, 3.05) is 31.1 Å². The Hall–Kier alpha value is -2.54. The quantitative estimate of drug-likeness (QED) is 0.888. The summed E-state index contributed by atoms with van der Waals surface area (Å²) in [5.74, 6) is 1.75. The highest BCUT2D eigenvalue weighted by atomic mass is 35.5. The molecule has 1 atom stereocenters. The molecule has 0 unspecified atom stereocenters. The summed E-state index contributed by atoms with van der Waals surface area (Å²) in [4.78, 5) is 24.6. The molecular weight excluding hydrogens is 354 g/mol. The standard InChI is InChI=1S/C18H22ClN5O2/c1-3-20-18(25)24-9-8-23(11-13(24)2)16-10-17(22-12-21-16)26-15-7-5-4-6-14(15)19/h4-7,10,12-13H,3,8-9,11H2,1-2H3,(H,20,25)/t13-/m1/s1. The Bertz CT molecular complexity index is 773. The number of amides is 2. The van der Waals surface area contributed by atoms with Crippen LogP contribution >= 0.6 is 11.6 Å². The number of aromatic nitrogens is 2. The monoisotopic (exact) mass is 375 g/mol. The predicted octanol–water partition coefficient (Wildman–Crippen LogP) is 3.16. The van der Waals surface area contributed by atoms with Crippen molar-refractivity contribution in [3.63, 3.8) is 0 Å². The van der Waals surface area contributed by atoms with Crippen molar-refractivity contribution in [1.29, 1.82) is 0 Å². The van der Waals surface area contributed by atoms with Gasteiger partial charge in [-0.15, -0.1) is 0 Å². The molecule has 8 heteroatoms. The van der Waals surface area contributed by atoms with Crippen molar-refractivity contribution in [1.82, 2.24) is 20.2 Å². The number of urea groups is 1. The van der Waals surface area contributed by atoms with Crippen molar-refractivity contribution in [3.8, 4) is 11.6 Å². The average Bonchev–Trinajstić information content (AvgIpc) is 2.64. The lowest BCUT2D eigenvalue weighted by molar-refractivity contribution is 0.172. The summed E-state index contributed by atoms with van der Waals surface area (Å²) in [5, 5.41) is 3.38. The predicted molar refractivity (Wildman–Crippen MR) is 101 cm³/mol. The third-order valence-corrected chi connectivity index (χ3v) is 4.53. The highest BCUT2D eigenvalue weighted by Gasteiger charge is 2.28. The molecule has 2 aromatic rings. The van der Waals surface area contributed by atoms with Crippen LogP contribution in [0.1, 0.15) is 13.8 Å². The number of rotatable bonds is 4. The number of nitrogens with one attached hydrogen (secondary N) is 1. The lowest BCUT2D eigenvalue weighted by Crippen LogP contribution is -2.56. The molecule has 0 spiro atoms. The van der Waals surface area contributed by atoms with Gasteiger partial charge in [-0.05, 0) is 26.0 Å². The molecule has 1 fully saturated rings. The van der Waals surface area contributed by atoms with Crippen molar-refractivity contribution in [3.05, 3.63) is 41.7 Å². The average molecular weight is 376 g/mol. The van der Waals surface area contributed by atoms with Crippen LogP contribution in [0.5, 0.6) is 11.6 Å². The summed E-state index contributed by atoms with van der Waals surface area (Å²) >= 11 is 6.13. The van der Waals surface area contributed by atoms with Gasteiger partial charge in [0.2, 0.25) is 5.88 Å². The fraction of sp³-hybridized carbons (Fsp3) is 0.389. The number of hydrogen-bond donors (Lipinski definition) is 1. The van der Waals surface area contributed by atoms with E-state index in [1.165, 1.54) is 6.33 Å². The van der Waals surface area contributed by atoms with E-state index in [9.17, 15) is 4.79 Å². The van der Waals surface area contributed by atoms with Gasteiger partial charge in [-0.2, -0.15) is 0 Å². The molecule has 3 rings (SSSR count). The minimum Gasteiger partial charge on any atom is -0.437 e. The first kappa shape index (κ1) is 18.3. The number of ether oxygens (including phenoxy) is 1. The van der Waals surface area contributed by atoms with Crippen molar-refractivity contribution >= 4 is 23.4 Å². The van der Waals surface area contributed by atoms with Gasteiger partial charge < -0.3 is 19.9 Å². The second-order valence-corrected chi connectivity index (χ2v) is 6.48. The molecule has 1 aromatic carbocycles. The second-order valence-electron chi connectivity index (χ2n) is 6.07. The lowest BCUT2D eigenvalue weighted by Gasteiger charge is -2.40. The molecule has 1 saturated heterocycles. The first-order chi connectivity index (χ1) is 12.6. The Labute approximate surface area is 157 Å². The number of carbonyl (C=O) groups excluding carboxylic acids is 1. The van der Waals surface area contributed by atoms with Gasteiger partial charge >= 0.3 is 6.03 Å². The fourth-order valence-corrected chi connectivity index (χ4v) is 3.09. The van der Waals surface area contributed by atoms with E-state index < -0.39 is 0 Å². The molecule has 1 aromatic heterocycles. The summed E-state index contributed by atoms with van der Waals surface area (Å²) in [5.41, 5.74) is 0. The first-order valence-electron chi connectivity index (χ1n) is 8.62. The van der Waals surface area contributed by atoms with Crippen molar-refractivity contribution in [2.45, 2.75) is 19.9 Å². The molecule has 0 radical (unpaired) electrons. The van der Waals surface area contributed by atoms with Gasteiger partial charge in [-0.25, -0.2) is 14.8 Å². The Kier molecular flexibility index (Phi) is 5.78. The molecule has 2 heterocycles. The van der Waals surface area contributed by atoms with Gasteiger partial charge in [0.05, 0.1) is 5.02 Å². The van der Waals surface area contributed by atoms with E-state index in [4.69, 9.17) is 16.3 Å². The van der Waals surface area contributed by atoms with Gasteiger partial charge in [-0.3, -0.25) is 0 Å². The van der Waals surface area contributed by atoms with Crippen LogP contribution in [0.4, 0.5) is 10.6 Å². The third kappa shape index (κ3) is 4.16. The zero-order valence-corrected chi connectivity index (χ0v) is 15.6. The summed E-state index contributed by atoms with van der Waals surface area (Å²) in [6.45, 7) is 6.60. The summed E-state index contributed by atoms with van der Waals surface area (Å²) in [6, 6.07) is 9.10. The van der Waals surface area contributed by atoms with E-state index in [1.54, 1.807) is 18.2 Å². The molecule has 2 amide bonds. The molecule has 1 aliphatic heterocycles. The fourth-order valence-electron chi connectivity index (χ4n) is 2.92. The minimum absolute atomic E-state index is 0.0231. The second kappa shape index (κ2) is 8.23. The van der Waals surface area contributed by atoms with E-state index in [1.807, 2.05) is 30.9 Å². The third-order valence-electron chi connectivity index (χ3n) is 4.22. The minimum atomic E-state index is -0.0231. The molecule has 0 bridgehead atoms. The zero-order valence-electron chi connectivity index (χ0n) is 14.9. The van der Waals surface area contributed by atoms with Crippen molar-refractivity contribution < 1.29 is 9.53 Å². The molecule has 0 aliphatic carbocycles. The van der Waals surface area contributed by atoms with Gasteiger partial charge in [0.1, 0.15) is 17.9 Å². The number of hydrogen-bond acceptors (Lipinski definition) is 5. The highest BCUT2D eigenvalue weighted by Crippen LogP contribution is 2.29. The van der Waals surface area contributed by atoms with Gasteiger partial charge in [-0.1, -0.05) is 23.7 Å². The summed E-state index contributed by atoms with van der Waals surface area (Å²) < 4.78 is 5.77. The van der Waals surface area contributed by atoms with Gasteiger partial charge in [0, 0.05) is 38.3 Å². The van der Waals surface area contributed by atoms with Crippen LogP contribution in [0.2, 0.25) is 5.02 Å². The van der Waals surface area contributed by atoms with Crippen LogP contribution in [0.25, 0.3) is 0 Å². The van der Waals surface area contributed by atoms with Crippen LogP contribution in [-0.4, -0.2) is 53.1 Å². The molecule has 1 N–H and O–H groups in total. The van der Waals surface area contributed by atoms with Crippen LogP contribution in [0.15, 0.2) is 36.7 Å². The van der Waals surface area contributed by atoms with Crippen LogP contribution in [0, 0.1) is 0 Å². The SMILES string of the molecule is CCNC(=O)N1CCN(c2cc(Oc3ccccc3Cl)ncn2)C[C@H]1C. The van der Waals surface area contributed by atoms with Crippen LogP contribution in [-0.2, 0) is 0 Å². The first-order valence-corrected chi connectivity index (χ1v) is 9.00. The number of anilines is 1. The van der Waals surface area contributed by atoms with E-state index in [-0.39, 0.29) is 12.1 Å². The normalized spacial score (nSPS) is 17.1. The molecule has 0 saturated carbocycles. The van der Waals surface area contributed by atoms with Crippen molar-refractivity contribution in [2.24, 2.45) is 0 Å². The number of carbonyl (C=O) groups is 1. The van der Waals surface area contributed by atoms with E-state index in [2.05, 4.69) is 20.2 Å². The van der Waals surface area contributed by atoms with E-state index in [0.717, 1.165) is 5.82 Å². The van der Waals surface area contributed by atoms with E-state index in [0.29, 0.717) is 42.8 Å². The van der Waals surface area contributed by atoms with Gasteiger partial charge in [0.25, 0.3) is 0 Å². The number of benzene rings is 1. The summed E-state index contributed by atoms with van der Waals surface area (Å²) in [7, 11) is 0. The Morgan fingerprint density at radius 3 is 2.88 bits per heavy atom. The maximum atomic E-state index is 12.1. The Morgan fingerprint density at radius 1 is 1.35 bits per heavy atom. The zero-order chi connectivity index (χ0) is 18.5. The van der Waals surface area contributed by atoms with Crippen LogP contribution in [0.3, 0.4) is 0 Å². The summed E-state index contributed by atoms with van der Waals surface area (Å²) in [6.07, 6.45) is 1.47. The number of para-hydroxylation sites is 1. The van der Waals surface area contributed by atoms with Gasteiger partial charge in [0.15, 0.2) is 0 Å². The lowest BCUT2D eigenvalue weighted by atomic mass is 10.2. The van der Waals surface area contributed by atoms with E-state index >= 15 is 0 Å². The number of halogens is 1. The molecule has 26 heavy (non-hydrogen) atoms. The Morgan fingerprint density at radius 2 is 2.15 bits per heavy atom. The number of piperazine rings is 1. The highest BCUT2D eigenvalue weighted by molar-refractivity contribution is 6.32. The molecular formula is C18H22ClN5O2. The maximum absolute atomic E-state index is 12.1. The van der Waals surface area contributed by atoms with Crippen LogP contribution < -0.4 is 15.0 Å². The number of nitrogens with zero attached hydrogens (tertiary/aromatic N) is 4. The maximum Gasteiger partial charge on any atom is 0.317 e. The molecule has 7 nitrogen and oxygen atoms in total. The molecule has 1 aliphatic rings. The molecule has 138 valence electrons. The Balaban J connectivity index is 1.69. The largest absolute Gasteiger partial charge is 0.437 e. The smallest absolute Gasteiger partial charge is 0.317 e. The topological polar surface area (TPSA) is 70.6 Å².